The first-order valence-electron chi connectivity index (χ1n) is 9.77. The van der Waals surface area contributed by atoms with Gasteiger partial charge in [-0.05, 0) is 30.3 Å². The number of pyridine rings is 1. The maximum Gasteiger partial charge on any atom is 0.250 e. The first kappa shape index (κ1) is 20.5. The molecule has 0 saturated carbocycles. The summed E-state index contributed by atoms with van der Waals surface area (Å²) in [6.07, 6.45) is 6.41. The summed E-state index contributed by atoms with van der Waals surface area (Å²) in [7, 11) is 0. The van der Waals surface area contributed by atoms with Crippen molar-refractivity contribution in [2.45, 2.75) is 0 Å². The number of rotatable bonds is 5. The van der Waals surface area contributed by atoms with Crippen LogP contribution in [0.3, 0.4) is 0 Å². The van der Waals surface area contributed by atoms with Crippen LogP contribution in [0.25, 0.3) is 27.8 Å². The van der Waals surface area contributed by atoms with Gasteiger partial charge in [-0.15, -0.1) is 0 Å². The van der Waals surface area contributed by atoms with E-state index >= 15 is 0 Å². The number of amides is 1. The highest BCUT2D eigenvalue weighted by molar-refractivity contribution is 6.31. The molecule has 3 aromatic heterocycles. The molecule has 0 atom stereocenters. The molecular formula is C23H15ClFN7O. The van der Waals surface area contributed by atoms with Crippen molar-refractivity contribution >= 4 is 40.0 Å². The number of anilines is 2. The van der Waals surface area contributed by atoms with Gasteiger partial charge in [0.15, 0.2) is 5.82 Å². The minimum absolute atomic E-state index is 0.0236. The number of carbonyl (C=O) groups excluding carboxylic acids is 1. The summed E-state index contributed by atoms with van der Waals surface area (Å²) in [6.45, 7) is 0. The van der Waals surface area contributed by atoms with E-state index < -0.39 is 11.7 Å². The summed E-state index contributed by atoms with van der Waals surface area (Å²) in [5, 5.41) is 8.53. The number of nitrogens with zero attached hydrogens (tertiary/aromatic N) is 5. The van der Waals surface area contributed by atoms with Crippen molar-refractivity contribution in [1.29, 1.82) is 0 Å². The molecule has 0 radical (unpaired) electrons. The average molecular weight is 460 g/mol. The molecule has 10 heteroatoms. The molecule has 0 aliphatic heterocycles. The molecule has 5 aromatic rings. The Bertz CT molecular complexity index is 1490. The van der Waals surface area contributed by atoms with Crippen molar-refractivity contribution in [2.24, 2.45) is 5.73 Å². The van der Waals surface area contributed by atoms with E-state index in [1.165, 1.54) is 24.4 Å². The second-order valence-corrected chi connectivity index (χ2v) is 7.55. The van der Waals surface area contributed by atoms with Gasteiger partial charge in [0.25, 0.3) is 0 Å². The zero-order valence-corrected chi connectivity index (χ0v) is 17.7. The lowest BCUT2D eigenvalue weighted by Crippen LogP contribution is -2.11. The molecular weight excluding hydrogens is 445 g/mol. The maximum absolute atomic E-state index is 13.5. The average Bonchev–Trinajstić information content (AvgIpc) is 3.26. The molecule has 162 valence electrons. The molecule has 0 fully saturated rings. The SMILES string of the molecule is NC(=O)c1cncc(-c2cnc(Nc3ccc(F)c(Cl)c3)nc2-n2cc3ccccc3n2)c1. The fourth-order valence-electron chi connectivity index (χ4n) is 3.31. The molecule has 0 bridgehead atoms. The highest BCUT2D eigenvalue weighted by Gasteiger charge is 2.15. The Morgan fingerprint density at radius 3 is 2.73 bits per heavy atom. The zero-order valence-electron chi connectivity index (χ0n) is 16.9. The number of hydrogen-bond donors (Lipinski definition) is 2. The molecule has 0 aliphatic carbocycles. The number of hydrogen-bond acceptors (Lipinski definition) is 6. The highest BCUT2D eigenvalue weighted by Crippen LogP contribution is 2.28. The van der Waals surface area contributed by atoms with Gasteiger partial charge in [0.2, 0.25) is 11.9 Å². The summed E-state index contributed by atoms with van der Waals surface area (Å²) in [5.74, 6) is -0.428. The smallest absolute Gasteiger partial charge is 0.250 e. The molecule has 3 N–H and O–H groups in total. The first-order chi connectivity index (χ1) is 16.0. The molecule has 2 aromatic carbocycles. The van der Waals surface area contributed by atoms with E-state index in [1.807, 2.05) is 30.5 Å². The topological polar surface area (TPSA) is 112 Å². The molecule has 0 saturated heterocycles. The van der Waals surface area contributed by atoms with Crippen LogP contribution < -0.4 is 11.1 Å². The van der Waals surface area contributed by atoms with Crippen LogP contribution in [0.5, 0.6) is 0 Å². The van der Waals surface area contributed by atoms with Gasteiger partial charge in [-0.1, -0.05) is 29.8 Å². The van der Waals surface area contributed by atoms with E-state index in [2.05, 4.69) is 25.4 Å². The van der Waals surface area contributed by atoms with Crippen LogP contribution in [0.15, 0.2) is 73.3 Å². The largest absolute Gasteiger partial charge is 0.366 e. The number of benzene rings is 2. The fourth-order valence-corrected chi connectivity index (χ4v) is 3.49. The van der Waals surface area contributed by atoms with E-state index in [0.29, 0.717) is 22.6 Å². The van der Waals surface area contributed by atoms with Gasteiger partial charge in [0, 0.05) is 47.0 Å². The highest BCUT2D eigenvalue weighted by atomic mass is 35.5. The van der Waals surface area contributed by atoms with Gasteiger partial charge in [-0.2, -0.15) is 10.1 Å². The van der Waals surface area contributed by atoms with Crippen molar-refractivity contribution in [1.82, 2.24) is 24.7 Å². The van der Waals surface area contributed by atoms with Crippen LogP contribution in [0.4, 0.5) is 16.0 Å². The molecule has 0 unspecified atom stereocenters. The van der Waals surface area contributed by atoms with Crippen LogP contribution in [-0.4, -0.2) is 30.6 Å². The van der Waals surface area contributed by atoms with Crippen LogP contribution >= 0.6 is 11.6 Å². The second kappa shape index (κ2) is 8.29. The molecule has 33 heavy (non-hydrogen) atoms. The van der Waals surface area contributed by atoms with Crippen LogP contribution in [0, 0.1) is 5.82 Å². The minimum Gasteiger partial charge on any atom is -0.366 e. The lowest BCUT2D eigenvalue weighted by Gasteiger charge is -2.12. The van der Waals surface area contributed by atoms with Gasteiger partial charge >= 0.3 is 0 Å². The lowest BCUT2D eigenvalue weighted by atomic mass is 10.1. The van der Waals surface area contributed by atoms with Gasteiger partial charge in [-0.3, -0.25) is 9.78 Å². The molecule has 5 rings (SSSR count). The van der Waals surface area contributed by atoms with E-state index in [1.54, 1.807) is 23.1 Å². The number of primary amides is 1. The standard InChI is InChI=1S/C23H15ClFN7O/c24-18-8-16(5-6-19(18)25)29-23-28-11-17(14-7-15(21(26)33)10-27-9-14)22(30-23)32-12-13-3-1-2-4-20(13)31-32/h1-12H,(H2,26,33)(H,28,29,30). The van der Waals surface area contributed by atoms with E-state index in [4.69, 9.17) is 17.3 Å². The van der Waals surface area contributed by atoms with Crippen LogP contribution in [0.2, 0.25) is 5.02 Å². The Morgan fingerprint density at radius 2 is 1.94 bits per heavy atom. The number of fused-ring (bicyclic) bond motifs is 1. The Morgan fingerprint density at radius 1 is 1.09 bits per heavy atom. The van der Waals surface area contributed by atoms with E-state index in [-0.39, 0.29) is 16.5 Å². The normalized spacial score (nSPS) is 11.0. The summed E-state index contributed by atoms with van der Waals surface area (Å²) in [5.41, 5.74) is 8.15. The monoisotopic (exact) mass is 459 g/mol. The summed E-state index contributed by atoms with van der Waals surface area (Å²) < 4.78 is 15.1. The third-order valence-electron chi connectivity index (χ3n) is 4.91. The van der Waals surface area contributed by atoms with Gasteiger partial charge in [0.1, 0.15) is 5.82 Å². The van der Waals surface area contributed by atoms with Crippen molar-refractivity contribution in [3.63, 3.8) is 0 Å². The first-order valence-corrected chi connectivity index (χ1v) is 10.1. The fraction of sp³-hybridized carbons (Fsp3) is 0. The number of carbonyl (C=O) groups is 1. The molecule has 0 aliphatic rings. The molecule has 8 nitrogen and oxygen atoms in total. The predicted octanol–water partition coefficient (Wildman–Crippen LogP) is 4.51. The summed E-state index contributed by atoms with van der Waals surface area (Å²) >= 11 is 5.88. The van der Waals surface area contributed by atoms with Crippen molar-refractivity contribution in [3.05, 3.63) is 89.7 Å². The third-order valence-corrected chi connectivity index (χ3v) is 5.20. The lowest BCUT2D eigenvalue weighted by molar-refractivity contribution is 0.1000. The molecule has 3 heterocycles. The number of nitrogens with one attached hydrogen (secondary N) is 1. The Balaban J connectivity index is 1.64. The van der Waals surface area contributed by atoms with E-state index in [9.17, 15) is 9.18 Å². The summed E-state index contributed by atoms with van der Waals surface area (Å²) in [6, 6.07) is 13.5. The van der Waals surface area contributed by atoms with Gasteiger partial charge < -0.3 is 11.1 Å². The third kappa shape index (κ3) is 4.09. The number of aromatic nitrogens is 5. The predicted molar refractivity (Wildman–Crippen MR) is 123 cm³/mol. The van der Waals surface area contributed by atoms with Crippen molar-refractivity contribution in [2.75, 3.05) is 5.32 Å². The quantitative estimate of drug-likeness (QED) is 0.400. The molecule has 0 spiro atoms. The zero-order chi connectivity index (χ0) is 22.9. The van der Waals surface area contributed by atoms with Crippen molar-refractivity contribution < 1.29 is 9.18 Å². The Kier molecular flexibility index (Phi) is 5.15. The number of nitrogens with two attached hydrogens (primary N) is 1. The van der Waals surface area contributed by atoms with Crippen LogP contribution in [0.1, 0.15) is 10.4 Å². The number of halogens is 2. The maximum atomic E-state index is 13.5. The van der Waals surface area contributed by atoms with Crippen molar-refractivity contribution in [3.8, 4) is 16.9 Å². The van der Waals surface area contributed by atoms with Gasteiger partial charge in [-0.25, -0.2) is 14.1 Å². The Hall–Kier alpha value is -4.37. The van der Waals surface area contributed by atoms with Crippen LogP contribution in [-0.2, 0) is 0 Å². The summed E-state index contributed by atoms with van der Waals surface area (Å²) in [4.78, 5) is 24.8. The Labute approximate surface area is 191 Å². The molecule has 1 amide bonds. The van der Waals surface area contributed by atoms with E-state index in [0.717, 1.165) is 10.9 Å². The minimum atomic E-state index is -0.594. The van der Waals surface area contributed by atoms with Gasteiger partial charge in [0.05, 0.1) is 16.1 Å². The second-order valence-electron chi connectivity index (χ2n) is 7.14.